The van der Waals surface area contributed by atoms with E-state index in [0.29, 0.717) is 17.1 Å². The van der Waals surface area contributed by atoms with Crippen molar-refractivity contribution in [3.05, 3.63) is 23.4 Å². The van der Waals surface area contributed by atoms with E-state index >= 15 is 0 Å². The molecular weight excluding hydrogens is 330 g/mol. The number of ketones is 1. The molecule has 4 aliphatic carbocycles. The van der Waals surface area contributed by atoms with E-state index in [4.69, 9.17) is 0 Å². The molecule has 5 rings (SSSR count). The molecule has 1 heterocycles. The number of fused-ring (bicyclic) bond motifs is 5. The maximum atomic E-state index is 12.3. The Morgan fingerprint density at radius 2 is 1.85 bits per heavy atom. The van der Waals surface area contributed by atoms with E-state index in [1.165, 1.54) is 64.5 Å². The lowest BCUT2D eigenvalue weighted by atomic mass is 9.48. The number of carbonyl (C=O) groups is 1. The van der Waals surface area contributed by atoms with Crippen molar-refractivity contribution in [3.63, 3.8) is 0 Å². The second-order valence-corrected chi connectivity index (χ2v) is 10.8. The molecule has 0 aromatic heterocycles. The molecule has 6 atom stereocenters. The summed E-state index contributed by atoms with van der Waals surface area (Å²) in [7, 11) is 0. The van der Waals surface area contributed by atoms with Crippen LogP contribution in [0.5, 0.6) is 0 Å². The molecule has 3 fully saturated rings. The summed E-state index contributed by atoms with van der Waals surface area (Å²) < 4.78 is 0. The third-order valence-corrected chi connectivity index (χ3v) is 9.75. The number of nitrogens with zero attached hydrogens (tertiary/aromatic N) is 1. The van der Waals surface area contributed by atoms with Gasteiger partial charge in [-0.25, -0.2) is 0 Å². The smallest absolute Gasteiger partial charge is 0.133 e. The van der Waals surface area contributed by atoms with E-state index < -0.39 is 0 Å². The third kappa shape index (κ3) is 2.54. The van der Waals surface area contributed by atoms with Crippen LogP contribution >= 0.6 is 0 Å². The van der Waals surface area contributed by atoms with Gasteiger partial charge in [0.1, 0.15) is 5.78 Å². The molecule has 0 aromatic rings. The number of likely N-dealkylation sites (tertiary alicyclic amines) is 1. The van der Waals surface area contributed by atoms with Crippen LogP contribution in [-0.2, 0) is 4.79 Å². The van der Waals surface area contributed by atoms with E-state index in [1.807, 2.05) is 6.92 Å². The van der Waals surface area contributed by atoms with Crippen LogP contribution in [0.4, 0.5) is 0 Å². The van der Waals surface area contributed by atoms with Gasteiger partial charge >= 0.3 is 0 Å². The molecule has 2 nitrogen and oxygen atoms in total. The molecule has 0 bridgehead atoms. The zero-order valence-corrected chi connectivity index (χ0v) is 17.6. The average Bonchev–Trinajstić information content (AvgIpc) is 3.28. The summed E-state index contributed by atoms with van der Waals surface area (Å²) in [6.07, 6.45) is 16.8. The molecule has 27 heavy (non-hydrogen) atoms. The predicted octanol–water partition coefficient (Wildman–Crippen LogP) is 5.74. The second-order valence-electron chi connectivity index (χ2n) is 10.8. The Morgan fingerprint density at radius 3 is 2.59 bits per heavy atom. The Hall–Kier alpha value is -1.05. The van der Waals surface area contributed by atoms with Gasteiger partial charge in [-0.3, -0.25) is 4.79 Å². The lowest BCUT2D eigenvalue weighted by Crippen LogP contribution is -2.50. The standard InChI is InChI=1S/C25H37NO/c1-17(27)21-8-9-22-20-7-6-18-16-19(26-14-4-5-15-26)10-12-24(18,2)23(20)11-13-25(21,22)3/h6,16,20-23H,4-5,7-15H2,1-3H3/t20-,21+,22?,23?,24-,25+/m0/s1. The van der Waals surface area contributed by atoms with Gasteiger partial charge in [0.15, 0.2) is 0 Å². The van der Waals surface area contributed by atoms with E-state index in [-0.39, 0.29) is 5.41 Å². The first kappa shape index (κ1) is 18.0. The van der Waals surface area contributed by atoms with Crippen LogP contribution in [0.1, 0.15) is 78.6 Å². The summed E-state index contributed by atoms with van der Waals surface area (Å²) in [6, 6.07) is 0. The molecule has 0 amide bonds. The Kier molecular flexibility index (Phi) is 4.15. The minimum Gasteiger partial charge on any atom is -0.375 e. The van der Waals surface area contributed by atoms with Crippen molar-refractivity contribution < 1.29 is 4.79 Å². The van der Waals surface area contributed by atoms with Gasteiger partial charge in [-0.2, -0.15) is 0 Å². The van der Waals surface area contributed by atoms with Gasteiger partial charge in [0, 0.05) is 24.7 Å². The van der Waals surface area contributed by atoms with Gasteiger partial charge in [-0.15, -0.1) is 0 Å². The van der Waals surface area contributed by atoms with Gasteiger partial charge < -0.3 is 4.90 Å². The van der Waals surface area contributed by atoms with Crippen LogP contribution in [0.15, 0.2) is 23.4 Å². The summed E-state index contributed by atoms with van der Waals surface area (Å²) in [6.45, 7) is 9.42. The first-order valence-corrected chi connectivity index (χ1v) is 11.6. The van der Waals surface area contributed by atoms with E-state index in [0.717, 1.165) is 24.2 Å². The normalized spacial score (nSPS) is 46.3. The van der Waals surface area contributed by atoms with E-state index in [9.17, 15) is 4.79 Å². The van der Waals surface area contributed by atoms with E-state index in [2.05, 4.69) is 30.9 Å². The zero-order valence-electron chi connectivity index (χ0n) is 17.6. The molecule has 0 spiro atoms. The summed E-state index contributed by atoms with van der Waals surface area (Å²) in [4.78, 5) is 14.9. The Morgan fingerprint density at radius 1 is 1.07 bits per heavy atom. The van der Waals surface area contributed by atoms with Crippen LogP contribution in [0.25, 0.3) is 0 Å². The second kappa shape index (κ2) is 6.22. The van der Waals surface area contributed by atoms with Crippen molar-refractivity contribution in [2.75, 3.05) is 13.1 Å². The maximum Gasteiger partial charge on any atom is 0.133 e. The third-order valence-electron chi connectivity index (χ3n) is 9.75. The highest BCUT2D eigenvalue weighted by molar-refractivity contribution is 5.79. The number of Topliss-reactive ketones (excluding diaryl/α,β-unsaturated/α-hetero) is 1. The molecule has 0 radical (unpaired) electrons. The fourth-order valence-electron chi connectivity index (χ4n) is 8.23. The minimum absolute atomic E-state index is 0.278. The van der Waals surface area contributed by atoms with Crippen LogP contribution in [0.2, 0.25) is 0 Å². The zero-order chi connectivity index (χ0) is 18.8. The molecule has 0 N–H and O–H groups in total. The quantitative estimate of drug-likeness (QED) is 0.620. The number of carbonyl (C=O) groups excluding carboxylic acids is 1. The van der Waals surface area contributed by atoms with Crippen molar-refractivity contribution in [2.45, 2.75) is 78.6 Å². The molecule has 5 aliphatic rings. The van der Waals surface area contributed by atoms with Crippen LogP contribution < -0.4 is 0 Å². The SMILES string of the molecule is CC(=O)[C@H]1CCC2[C@@H]3CC=C4C=C(N5CCCC5)CC[C@]4(C)C3CC[C@@]21C. The van der Waals surface area contributed by atoms with E-state index in [1.54, 1.807) is 11.3 Å². The Bertz CT molecular complexity index is 699. The summed E-state index contributed by atoms with van der Waals surface area (Å²) in [5.41, 5.74) is 3.93. The van der Waals surface area contributed by atoms with Crippen molar-refractivity contribution in [1.82, 2.24) is 4.90 Å². The number of allylic oxidation sites excluding steroid dienone is 4. The summed E-state index contributed by atoms with van der Waals surface area (Å²) in [5, 5.41) is 0. The first-order chi connectivity index (χ1) is 12.9. The number of hydrogen-bond donors (Lipinski definition) is 0. The summed E-state index contributed by atoms with van der Waals surface area (Å²) in [5.74, 6) is 3.19. The molecule has 2 heteroatoms. The minimum atomic E-state index is 0.278. The predicted molar refractivity (Wildman–Crippen MR) is 110 cm³/mol. The molecule has 148 valence electrons. The van der Waals surface area contributed by atoms with Crippen molar-refractivity contribution >= 4 is 5.78 Å². The lowest BCUT2D eigenvalue weighted by Gasteiger charge is -2.57. The van der Waals surface area contributed by atoms with Gasteiger partial charge in [0.05, 0.1) is 0 Å². The van der Waals surface area contributed by atoms with Gasteiger partial charge in [-0.05, 0) is 105 Å². The Balaban J connectivity index is 1.44. The van der Waals surface area contributed by atoms with Crippen molar-refractivity contribution in [1.29, 1.82) is 0 Å². The number of rotatable bonds is 2. The van der Waals surface area contributed by atoms with Crippen molar-refractivity contribution in [2.24, 2.45) is 34.5 Å². The average molecular weight is 368 g/mol. The van der Waals surface area contributed by atoms with Gasteiger partial charge in [0.2, 0.25) is 0 Å². The van der Waals surface area contributed by atoms with Gasteiger partial charge in [-0.1, -0.05) is 19.9 Å². The monoisotopic (exact) mass is 367 g/mol. The fraction of sp³-hybridized carbons (Fsp3) is 0.800. The first-order valence-electron chi connectivity index (χ1n) is 11.6. The van der Waals surface area contributed by atoms with Gasteiger partial charge in [0.25, 0.3) is 0 Å². The highest BCUT2D eigenvalue weighted by atomic mass is 16.1. The Labute approximate surface area is 165 Å². The summed E-state index contributed by atoms with van der Waals surface area (Å²) >= 11 is 0. The van der Waals surface area contributed by atoms with Crippen LogP contribution in [0, 0.1) is 34.5 Å². The molecule has 0 aromatic carbocycles. The fourth-order valence-corrected chi connectivity index (χ4v) is 8.23. The molecular formula is C25H37NO. The van der Waals surface area contributed by atoms with Crippen LogP contribution in [-0.4, -0.2) is 23.8 Å². The van der Waals surface area contributed by atoms with Crippen molar-refractivity contribution in [3.8, 4) is 0 Å². The number of hydrogen-bond acceptors (Lipinski definition) is 2. The highest BCUT2D eigenvalue weighted by Crippen LogP contribution is 2.66. The maximum absolute atomic E-state index is 12.3. The molecule has 1 saturated heterocycles. The van der Waals surface area contributed by atoms with Crippen LogP contribution in [0.3, 0.4) is 0 Å². The highest BCUT2D eigenvalue weighted by Gasteiger charge is 2.59. The topological polar surface area (TPSA) is 20.3 Å². The molecule has 1 aliphatic heterocycles. The largest absolute Gasteiger partial charge is 0.375 e. The molecule has 2 saturated carbocycles. The molecule has 2 unspecified atom stereocenters. The lowest BCUT2D eigenvalue weighted by molar-refractivity contribution is -0.127.